The molecule has 0 N–H and O–H groups in total. The van der Waals surface area contributed by atoms with Crippen LogP contribution in [0.1, 0.15) is 0 Å². The molecule has 0 aromatic heterocycles. The van der Waals surface area contributed by atoms with Crippen molar-refractivity contribution in [3.63, 3.8) is 0 Å². The predicted octanol–water partition coefficient (Wildman–Crippen LogP) is -1.52. The Hall–Kier alpha value is 4.52. The second-order valence-electron chi connectivity index (χ2n) is 0. The molecule has 4 heteroatoms. The Morgan fingerprint density at radius 3 is 0.500 bits per heavy atom. The molecule has 0 amide bonds. The molecule has 0 aliphatic carbocycles. The van der Waals surface area contributed by atoms with E-state index in [1.54, 1.807) is 0 Å². The molecule has 0 nitrogen and oxygen atoms in total. The van der Waals surface area contributed by atoms with Crippen LogP contribution in [0.15, 0.2) is 0 Å². The van der Waals surface area contributed by atoms with Gasteiger partial charge in [0.2, 0.25) is 0 Å². The van der Waals surface area contributed by atoms with Crippen LogP contribution in [-0.4, -0.2) is 135 Å². The van der Waals surface area contributed by atoms with E-state index in [1.165, 1.54) is 0 Å². The normalized spacial score (nSPS) is 0. The fraction of sp³-hybridized carbons (Fsp3) is 0. The quantitative estimate of drug-likeness (QED) is 0.346. The van der Waals surface area contributed by atoms with Crippen molar-refractivity contribution in [1.82, 2.24) is 0 Å². The van der Waals surface area contributed by atoms with Crippen LogP contribution < -0.4 is 0 Å². The number of hydrogen-bond acceptors (Lipinski definition) is 0. The van der Waals surface area contributed by atoms with E-state index in [-0.39, 0.29) is 135 Å². The third-order valence-electron chi connectivity index (χ3n) is 0. The van der Waals surface area contributed by atoms with Gasteiger partial charge in [-0.05, 0) is 0 Å². The second-order valence-corrected chi connectivity index (χ2v) is 0. The third-order valence-corrected chi connectivity index (χ3v) is 0. The summed E-state index contributed by atoms with van der Waals surface area (Å²) >= 11 is 0. The first kappa shape index (κ1) is 23.6. The molecule has 0 unspecified atom stereocenters. The summed E-state index contributed by atoms with van der Waals surface area (Å²) in [5, 5.41) is 0. The molecular formula is Ca2Na2. The fourth-order valence-electron chi connectivity index (χ4n) is 0. The van der Waals surface area contributed by atoms with Crippen LogP contribution in [0.25, 0.3) is 0 Å². The smallest absolute Gasteiger partial charge is 0 e. The van der Waals surface area contributed by atoms with Gasteiger partial charge in [0.25, 0.3) is 0 Å². The van der Waals surface area contributed by atoms with E-state index >= 15 is 0 Å². The Morgan fingerprint density at radius 1 is 0.500 bits per heavy atom. The van der Waals surface area contributed by atoms with Crippen molar-refractivity contribution in [1.29, 1.82) is 0 Å². The maximum absolute atomic E-state index is 0. The van der Waals surface area contributed by atoms with E-state index in [0.717, 1.165) is 0 Å². The summed E-state index contributed by atoms with van der Waals surface area (Å²) in [7, 11) is 0. The van der Waals surface area contributed by atoms with Crippen LogP contribution in [0.2, 0.25) is 0 Å². The van der Waals surface area contributed by atoms with Crippen LogP contribution in [0.3, 0.4) is 0 Å². The minimum Gasteiger partial charge on any atom is 0 e. The summed E-state index contributed by atoms with van der Waals surface area (Å²) in [6.45, 7) is 0. The molecule has 6 valence electrons. The van der Waals surface area contributed by atoms with E-state index in [1.807, 2.05) is 0 Å². The summed E-state index contributed by atoms with van der Waals surface area (Å²) in [5.74, 6) is 0. The van der Waals surface area contributed by atoms with E-state index in [2.05, 4.69) is 0 Å². The standard InChI is InChI=1S/2Ca.2Na. The fourth-order valence-corrected chi connectivity index (χ4v) is 0. The van der Waals surface area contributed by atoms with Crippen molar-refractivity contribution in [2.45, 2.75) is 0 Å². The molecule has 0 aromatic rings. The number of hydrogen-bond donors (Lipinski definition) is 0. The van der Waals surface area contributed by atoms with Gasteiger partial charge in [-0.3, -0.25) is 0 Å². The van der Waals surface area contributed by atoms with E-state index in [0.29, 0.717) is 0 Å². The molecule has 0 spiro atoms. The molecule has 0 rings (SSSR count). The molecule has 0 saturated heterocycles. The molecular weight excluding hydrogens is 126 g/mol. The van der Waals surface area contributed by atoms with Crippen molar-refractivity contribution >= 4 is 135 Å². The van der Waals surface area contributed by atoms with E-state index in [9.17, 15) is 0 Å². The van der Waals surface area contributed by atoms with Gasteiger partial charge in [0, 0.05) is 135 Å². The largest absolute Gasteiger partial charge is 0 e. The Labute approximate surface area is 130 Å². The van der Waals surface area contributed by atoms with Gasteiger partial charge in [-0.1, -0.05) is 0 Å². The van der Waals surface area contributed by atoms with Crippen molar-refractivity contribution in [2.24, 2.45) is 0 Å². The predicted molar refractivity (Wildman–Crippen MR) is 23.0 cm³/mol. The van der Waals surface area contributed by atoms with Gasteiger partial charge >= 0.3 is 0 Å². The molecule has 0 fully saturated rings. The minimum absolute atomic E-state index is 0. The molecule has 0 heterocycles. The molecule has 6 radical (unpaired) electrons. The van der Waals surface area contributed by atoms with Gasteiger partial charge in [-0.25, -0.2) is 0 Å². The van der Waals surface area contributed by atoms with Crippen LogP contribution in [-0.2, 0) is 0 Å². The Bertz CT molecular complexity index is 4.00. The molecule has 0 aromatic carbocycles. The van der Waals surface area contributed by atoms with E-state index < -0.39 is 0 Å². The summed E-state index contributed by atoms with van der Waals surface area (Å²) in [6.07, 6.45) is 0. The molecule has 4 heavy (non-hydrogen) atoms. The Kier molecular flexibility index (Phi) is 92.3. The van der Waals surface area contributed by atoms with Crippen molar-refractivity contribution in [2.75, 3.05) is 0 Å². The van der Waals surface area contributed by atoms with E-state index in [4.69, 9.17) is 0 Å². The summed E-state index contributed by atoms with van der Waals surface area (Å²) < 4.78 is 0. The van der Waals surface area contributed by atoms with Crippen LogP contribution in [0.5, 0.6) is 0 Å². The van der Waals surface area contributed by atoms with Crippen LogP contribution in [0, 0.1) is 0 Å². The molecule has 0 aliphatic heterocycles. The van der Waals surface area contributed by atoms with Crippen molar-refractivity contribution in [3.8, 4) is 0 Å². The molecule has 0 aliphatic rings. The van der Waals surface area contributed by atoms with Crippen LogP contribution in [0.4, 0.5) is 0 Å². The third kappa shape index (κ3) is 9.72. The Morgan fingerprint density at radius 2 is 0.500 bits per heavy atom. The SMILES string of the molecule is [Ca].[Ca].[Na].[Na]. The van der Waals surface area contributed by atoms with Crippen LogP contribution >= 0.6 is 0 Å². The first-order valence-electron chi connectivity index (χ1n) is 0. The average molecular weight is 126 g/mol. The zero-order chi connectivity index (χ0) is 0. The summed E-state index contributed by atoms with van der Waals surface area (Å²) in [6, 6.07) is 0. The monoisotopic (exact) mass is 126 g/mol. The van der Waals surface area contributed by atoms with Gasteiger partial charge < -0.3 is 0 Å². The van der Waals surface area contributed by atoms with Crippen molar-refractivity contribution in [3.05, 3.63) is 0 Å². The molecule has 0 saturated carbocycles. The first-order chi connectivity index (χ1) is 0. The maximum Gasteiger partial charge on any atom is 0 e. The topological polar surface area (TPSA) is 0 Å². The average Bonchev–Trinajstić information content (AvgIpc) is 0. The van der Waals surface area contributed by atoms with Gasteiger partial charge in [0.15, 0.2) is 0 Å². The van der Waals surface area contributed by atoms with Crippen molar-refractivity contribution < 1.29 is 0 Å². The molecule has 0 atom stereocenters. The first-order valence-corrected chi connectivity index (χ1v) is 0. The van der Waals surface area contributed by atoms with Gasteiger partial charge in [0.1, 0.15) is 0 Å². The zero-order valence-electron chi connectivity index (χ0n) is 3.41. The number of rotatable bonds is 0. The minimum atomic E-state index is 0. The maximum atomic E-state index is 0. The summed E-state index contributed by atoms with van der Waals surface area (Å²) in [4.78, 5) is 0. The van der Waals surface area contributed by atoms with Gasteiger partial charge in [0.05, 0.1) is 0 Å². The second kappa shape index (κ2) is 15.6. The summed E-state index contributed by atoms with van der Waals surface area (Å²) in [5.41, 5.74) is 0. The Balaban J connectivity index is 0. The van der Waals surface area contributed by atoms with Gasteiger partial charge in [-0.15, -0.1) is 0 Å². The zero-order valence-corrected chi connectivity index (χ0v) is 11.8. The molecule has 0 bridgehead atoms. The van der Waals surface area contributed by atoms with Gasteiger partial charge in [-0.2, -0.15) is 0 Å².